The molecule has 2 heterocycles. The molecule has 1 aromatic heterocycles. The summed E-state index contributed by atoms with van der Waals surface area (Å²) in [7, 11) is -1.03. The van der Waals surface area contributed by atoms with E-state index in [1.165, 1.54) is 12.4 Å². The fourth-order valence-corrected chi connectivity index (χ4v) is 6.18. The van der Waals surface area contributed by atoms with Gasteiger partial charge in [0.05, 0.1) is 27.2 Å². The van der Waals surface area contributed by atoms with Crippen LogP contribution in [0.2, 0.25) is 10.0 Å². The van der Waals surface area contributed by atoms with Crippen molar-refractivity contribution in [1.82, 2.24) is 15.2 Å². The first-order valence-corrected chi connectivity index (χ1v) is 15.6. The average Bonchev–Trinajstić information content (AvgIpc) is 2.96. The molecule has 0 spiro atoms. The maximum absolute atomic E-state index is 12.6. The minimum Gasteiger partial charge on any atom is -0.364 e. The Labute approximate surface area is 248 Å². The zero-order valence-corrected chi connectivity index (χ0v) is 25.0. The second-order valence-electron chi connectivity index (χ2n) is 10.0. The van der Waals surface area contributed by atoms with Crippen LogP contribution < -0.4 is 10.2 Å². The molecule has 0 radical (unpaired) electrons. The number of anilines is 1. The van der Waals surface area contributed by atoms with E-state index >= 15 is 0 Å². The number of pyridine rings is 1. The third-order valence-electron chi connectivity index (χ3n) is 7.40. The van der Waals surface area contributed by atoms with Crippen molar-refractivity contribution in [3.05, 3.63) is 87.7 Å². The quantitative estimate of drug-likeness (QED) is 0.323. The topological polar surface area (TPSA) is 89.3 Å². The van der Waals surface area contributed by atoms with E-state index in [1.54, 1.807) is 6.26 Å². The summed E-state index contributed by atoms with van der Waals surface area (Å²) in [4.78, 5) is 22.2. The first-order valence-electron chi connectivity index (χ1n) is 13.3. The molecule has 4 rings (SSSR count). The number of likely N-dealkylation sites (tertiary alicyclic amines) is 1. The van der Waals surface area contributed by atoms with Crippen molar-refractivity contribution >= 4 is 45.6 Å². The number of hydrogen-bond acceptors (Lipinski definition) is 6. The number of carbonyl (C=O) groups excluding carboxylic acids is 1. The zero-order valence-electron chi connectivity index (χ0n) is 22.6. The lowest BCUT2D eigenvalue weighted by atomic mass is 9.99. The first kappa shape index (κ1) is 30.0. The minimum atomic E-state index is -1.03. The average molecular weight is 599 g/mol. The molecule has 2 aromatic carbocycles. The number of hydrogen-bond donors (Lipinski definition) is 1. The number of nitrogens with one attached hydrogen (secondary N) is 1. The van der Waals surface area contributed by atoms with Gasteiger partial charge in [0.15, 0.2) is 0 Å². The molecule has 10 heteroatoms. The van der Waals surface area contributed by atoms with Gasteiger partial charge >= 0.3 is 0 Å². The molecule has 2 unspecified atom stereocenters. The summed E-state index contributed by atoms with van der Waals surface area (Å²) in [6, 6.07) is 18.6. The first-order chi connectivity index (χ1) is 19.3. The molecule has 7 nitrogen and oxygen atoms in total. The van der Waals surface area contributed by atoms with Gasteiger partial charge in [-0.05, 0) is 68.1 Å². The van der Waals surface area contributed by atoms with E-state index in [1.807, 2.05) is 42.5 Å². The van der Waals surface area contributed by atoms with Gasteiger partial charge in [-0.3, -0.25) is 14.0 Å². The van der Waals surface area contributed by atoms with E-state index in [-0.39, 0.29) is 21.5 Å². The number of carbonyl (C=O) groups is 1. The molecule has 3 aromatic rings. The van der Waals surface area contributed by atoms with Gasteiger partial charge in [0.25, 0.3) is 5.91 Å². The maximum Gasteiger partial charge on any atom is 0.254 e. The van der Waals surface area contributed by atoms with Gasteiger partial charge in [-0.1, -0.05) is 35.3 Å². The van der Waals surface area contributed by atoms with Crippen LogP contribution in [0, 0.1) is 11.3 Å². The molecular formula is C30H33Cl2N5O2S. The van der Waals surface area contributed by atoms with Crippen LogP contribution >= 0.6 is 23.2 Å². The summed E-state index contributed by atoms with van der Waals surface area (Å²) in [6.45, 7) is 5.27. The Morgan fingerprint density at radius 2 is 1.85 bits per heavy atom. The Balaban J connectivity index is 1.37. The highest BCUT2D eigenvalue weighted by Crippen LogP contribution is 2.28. The minimum absolute atomic E-state index is 0.238. The van der Waals surface area contributed by atoms with Gasteiger partial charge < -0.3 is 15.1 Å². The number of amides is 1. The van der Waals surface area contributed by atoms with Crippen LogP contribution in [0.5, 0.6) is 0 Å². The van der Waals surface area contributed by atoms with E-state index < -0.39 is 10.8 Å². The molecule has 1 aliphatic rings. The summed E-state index contributed by atoms with van der Waals surface area (Å²) < 4.78 is 11.9. The summed E-state index contributed by atoms with van der Waals surface area (Å²) in [6.07, 6.45) is 7.29. The second kappa shape index (κ2) is 14.1. The standard InChI is InChI=1S/C30H33Cl2N5O2S/c1-21(10-13-35-30(38)29-27(31)18-34-19-28(29)32)36-14-11-25(12-15-36)37(20-23-5-3-4-22(16-23)17-33)24-6-8-26(9-7-24)40(2)39/h3-9,16,18-19,21,25H,10-15,20H2,1-2H3,(H,35,38). The van der Waals surface area contributed by atoms with E-state index in [0.717, 1.165) is 48.5 Å². The Morgan fingerprint density at radius 3 is 2.48 bits per heavy atom. The van der Waals surface area contributed by atoms with E-state index in [2.05, 4.69) is 39.2 Å². The number of piperidine rings is 1. The van der Waals surface area contributed by atoms with Crippen molar-refractivity contribution in [3.8, 4) is 6.07 Å². The number of benzene rings is 2. The molecule has 1 fully saturated rings. The molecule has 40 heavy (non-hydrogen) atoms. The Bertz CT molecular complexity index is 1370. The second-order valence-corrected chi connectivity index (χ2v) is 12.2. The summed E-state index contributed by atoms with van der Waals surface area (Å²) in [5.41, 5.74) is 3.08. The highest BCUT2D eigenvalue weighted by Gasteiger charge is 2.27. The maximum atomic E-state index is 12.6. The van der Waals surface area contributed by atoms with Gasteiger partial charge in [-0.15, -0.1) is 0 Å². The third kappa shape index (κ3) is 7.61. The summed E-state index contributed by atoms with van der Waals surface area (Å²) in [5.74, 6) is -0.294. The molecule has 1 amide bonds. The third-order valence-corrected chi connectivity index (χ3v) is 8.91. The van der Waals surface area contributed by atoms with Crippen molar-refractivity contribution in [2.45, 2.75) is 49.7 Å². The van der Waals surface area contributed by atoms with Crippen LogP contribution in [0.3, 0.4) is 0 Å². The van der Waals surface area contributed by atoms with Crippen molar-refractivity contribution in [2.75, 3.05) is 30.8 Å². The molecule has 210 valence electrons. The SMILES string of the molecule is CC(CCNC(=O)c1c(Cl)cncc1Cl)N1CCC(N(Cc2cccc(C#N)c2)c2ccc(S(C)=O)cc2)CC1. The monoisotopic (exact) mass is 597 g/mol. The van der Waals surface area contributed by atoms with Crippen molar-refractivity contribution < 1.29 is 9.00 Å². The molecule has 2 atom stereocenters. The molecular weight excluding hydrogens is 565 g/mol. The van der Waals surface area contributed by atoms with Crippen LogP contribution in [0.25, 0.3) is 0 Å². The van der Waals surface area contributed by atoms with Gasteiger partial charge in [-0.25, -0.2) is 0 Å². The van der Waals surface area contributed by atoms with Crippen molar-refractivity contribution in [1.29, 1.82) is 5.26 Å². The fourth-order valence-electron chi connectivity index (χ4n) is 5.13. The summed E-state index contributed by atoms with van der Waals surface area (Å²) >= 11 is 12.2. The predicted molar refractivity (Wildman–Crippen MR) is 161 cm³/mol. The Morgan fingerprint density at radius 1 is 1.18 bits per heavy atom. The lowest BCUT2D eigenvalue weighted by Crippen LogP contribution is -2.48. The van der Waals surface area contributed by atoms with Crippen LogP contribution in [0.15, 0.2) is 65.8 Å². The lowest BCUT2D eigenvalue weighted by Gasteiger charge is -2.42. The van der Waals surface area contributed by atoms with Gasteiger partial charge in [0, 0.05) is 78.3 Å². The largest absolute Gasteiger partial charge is 0.364 e. The van der Waals surface area contributed by atoms with E-state index in [9.17, 15) is 14.3 Å². The van der Waals surface area contributed by atoms with Gasteiger partial charge in [0.1, 0.15) is 0 Å². The number of rotatable bonds is 10. The number of halogens is 2. The van der Waals surface area contributed by atoms with E-state index in [4.69, 9.17) is 23.2 Å². The molecule has 1 saturated heterocycles. The number of nitriles is 1. The van der Waals surface area contributed by atoms with Crippen LogP contribution in [-0.4, -0.2) is 58.0 Å². The lowest BCUT2D eigenvalue weighted by molar-refractivity contribution is 0.0945. The van der Waals surface area contributed by atoms with Crippen molar-refractivity contribution in [2.24, 2.45) is 0 Å². The van der Waals surface area contributed by atoms with Gasteiger partial charge in [0.2, 0.25) is 0 Å². The number of aromatic nitrogens is 1. The molecule has 1 N–H and O–H groups in total. The fraction of sp³-hybridized carbons (Fsp3) is 0.367. The smallest absolute Gasteiger partial charge is 0.254 e. The zero-order chi connectivity index (χ0) is 28.6. The predicted octanol–water partition coefficient (Wildman–Crippen LogP) is 5.68. The van der Waals surface area contributed by atoms with Crippen LogP contribution in [0.1, 0.15) is 47.7 Å². The van der Waals surface area contributed by atoms with Gasteiger partial charge in [-0.2, -0.15) is 5.26 Å². The van der Waals surface area contributed by atoms with E-state index in [0.29, 0.717) is 30.7 Å². The highest BCUT2D eigenvalue weighted by molar-refractivity contribution is 7.84. The molecule has 0 aliphatic carbocycles. The molecule has 0 saturated carbocycles. The van der Waals surface area contributed by atoms with Crippen LogP contribution in [-0.2, 0) is 17.3 Å². The molecule has 1 aliphatic heterocycles. The Hall–Kier alpha value is -2.96. The van der Waals surface area contributed by atoms with Crippen LogP contribution in [0.4, 0.5) is 5.69 Å². The van der Waals surface area contributed by atoms with Crippen molar-refractivity contribution in [3.63, 3.8) is 0 Å². The normalized spacial score (nSPS) is 15.7. The number of nitrogens with zero attached hydrogens (tertiary/aromatic N) is 4. The highest BCUT2D eigenvalue weighted by atomic mass is 35.5. The summed E-state index contributed by atoms with van der Waals surface area (Å²) in [5, 5.41) is 12.8. The Kier molecular flexibility index (Phi) is 10.6. The molecule has 0 bridgehead atoms.